The van der Waals surface area contributed by atoms with Crippen LogP contribution in [0.15, 0.2) is 0 Å². The number of halogens is 1. The molecule has 78 valence electrons. The highest BCUT2D eigenvalue weighted by Gasteiger charge is 2.38. The Kier molecular flexibility index (Phi) is 4.82. The van der Waals surface area contributed by atoms with Gasteiger partial charge in [0.15, 0.2) is 0 Å². The van der Waals surface area contributed by atoms with Crippen molar-refractivity contribution in [2.75, 3.05) is 20.9 Å². The van der Waals surface area contributed by atoms with Crippen LogP contribution in [0, 0.1) is 0 Å². The molecule has 0 fully saturated rings. The molecule has 6 heteroatoms. The molecule has 0 radical (unpaired) electrons. The molecule has 0 aliphatic carbocycles. The number of aliphatic carboxylic acids is 1. The number of alkyl halides is 1. The summed E-state index contributed by atoms with van der Waals surface area (Å²) in [6.45, 7) is -0.992. The van der Waals surface area contributed by atoms with Gasteiger partial charge >= 0.3 is 5.97 Å². The molecule has 0 aliphatic rings. The normalized spacial score (nSPS) is 14.2. The summed E-state index contributed by atoms with van der Waals surface area (Å²) in [5.74, 6) is -2.78. The van der Waals surface area contributed by atoms with Crippen LogP contribution >= 0.6 is 0 Å². The first-order chi connectivity index (χ1) is 6.02. The molecular weight excluding hydrogens is 181 g/mol. The predicted octanol–water partition coefficient (Wildman–Crippen LogP) is -0.253. The fraction of sp³-hybridized carbons (Fsp3) is 0.857. The molecule has 0 aromatic rings. The third-order valence-corrected chi connectivity index (χ3v) is 1.84. The predicted molar refractivity (Wildman–Crippen MR) is 43.0 cm³/mol. The van der Waals surface area contributed by atoms with Crippen molar-refractivity contribution >= 4 is 5.97 Å². The molecule has 0 aliphatic heterocycles. The zero-order valence-corrected chi connectivity index (χ0v) is 7.62. The van der Waals surface area contributed by atoms with Gasteiger partial charge in [0.25, 0.3) is 0 Å². The van der Waals surface area contributed by atoms with E-state index in [0.29, 0.717) is 0 Å². The lowest BCUT2D eigenvalue weighted by Crippen LogP contribution is -2.53. The number of carboxylic acid groups (broad SMARTS) is 1. The Morgan fingerprint density at radius 2 is 2.08 bits per heavy atom. The number of hydrogen-bond acceptors (Lipinski definition) is 4. The minimum atomic E-state index is -1.65. The first-order valence-electron chi connectivity index (χ1n) is 3.66. The van der Waals surface area contributed by atoms with Gasteiger partial charge in [-0.1, -0.05) is 0 Å². The van der Waals surface area contributed by atoms with E-state index in [4.69, 9.17) is 20.3 Å². The lowest BCUT2D eigenvalue weighted by Gasteiger charge is -2.32. The number of hydrogen-bond donors (Lipinski definition) is 2. The second-order valence-electron chi connectivity index (χ2n) is 2.56. The van der Waals surface area contributed by atoms with E-state index in [9.17, 15) is 9.18 Å². The van der Waals surface area contributed by atoms with Crippen LogP contribution in [0.2, 0.25) is 0 Å². The van der Waals surface area contributed by atoms with E-state index in [1.165, 1.54) is 14.2 Å². The zero-order valence-electron chi connectivity index (χ0n) is 7.62. The van der Waals surface area contributed by atoms with Gasteiger partial charge in [-0.05, 0) is 0 Å². The standard InChI is InChI=1S/C7H14FNO4/c1-12-7(4-8,13-2)5(9)3-6(10)11/h5H,3-4,9H2,1-2H3,(H,10,11). The van der Waals surface area contributed by atoms with E-state index in [1.807, 2.05) is 0 Å². The van der Waals surface area contributed by atoms with Crippen LogP contribution in [0.1, 0.15) is 6.42 Å². The number of nitrogens with two attached hydrogens (primary N) is 1. The summed E-state index contributed by atoms with van der Waals surface area (Å²) in [5, 5.41) is 8.42. The molecule has 3 N–H and O–H groups in total. The van der Waals surface area contributed by atoms with Gasteiger partial charge in [0.05, 0.1) is 12.5 Å². The van der Waals surface area contributed by atoms with Gasteiger partial charge in [-0.2, -0.15) is 0 Å². The van der Waals surface area contributed by atoms with Gasteiger partial charge in [0.1, 0.15) is 6.67 Å². The Hall–Kier alpha value is -0.720. The van der Waals surface area contributed by atoms with E-state index in [2.05, 4.69) is 0 Å². The van der Waals surface area contributed by atoms with Crippen LogP contribution in [0.5, 0.6) is 0 Å². The van der Waals surface area contributed by atoms with Crippen molar-refractivity contribution in [3.8, 4) is 0 Å². The summed E-state index contributed by atoms with van der Waals surface area (Å²) in [6, 6.07) is -1.04. The molecule has 1 atom stereocenters. The quantitative estimate of drug-likeness (QED) is 0.571. The lowest BCUT2D eigenvalue weighted by molar-refractivity contribution is -0.229. The maximum Gasteiger partial charge on any atom is 0.305 e. The molecule has 0 heterocycles. The van der Waals surface area contributed by atoms with Crippen molar-refractivity contribution in [3.63, 3.8) is 0 Å². The number of carboxylic acids is 1. The molecule has 0 rings (SSSR count). The molecule has 0 aromatic heterocycles. The molecule has 0 bridgehead atoms. The van der Waals surface area contributed by atoms with Crippen molar-refractivity contribution in [2.24, 2.45) is 5.73 Å². The first-order valence-corrected chi connectivity index (χ1v) is 3.66. The average molecular weight is 195 g/mol. The Morgan fingerprint density at radius 3 is 2.31 bits per heavy atom. The van der Waals surface area contributed by atoms with E-state index in [1.54, 1.807) is 0 Å². The third kappa shape index (κ3) is 2.91. The van der Waals surface area contributed by atoms with Crippen LogP contribution in [-0.4, -0.2) is 43.8 Å². The Morgan fingerprint density at radius 1 is 1.62 bits per heavy atom. The number of rotatable bonds is 6. The fourth-order valence-electron chi connectivity index (χ4n) is 0.938. The first kappa shape index (κ1) is 12.3. The SMILES string of the molecule is COC(CF)(OC)C(N)CC(=O)O. The van der Waals surface area contributed by atoms with Gasteiger partial charge in [-0.3, -0.25) is 4.79 Å². The van der Waals surface area contributed by atoms with Gasteiger partial charge in [0.2, 0.25) is 5.79 Å². The van der Waals surface area contributed by atoms with E-state index in [-0.39, 0.29) is 0 Å². The van der Waals surface area contributed by atoms with Crippen LogP contribution < -0.4 is 5.73 Å². The van der Waals surface area contributed by atoms with Crippen molar-refractivity contribution in [3.05, 3.63) is 0 Å². The van der Waals surface area contributed by atoms with E-state index >= 15 is 0 Å². The second kappa shape index (κ2) is 5.11. The molecule has 1 unspecified atom stereocenters. The molecule has 5 nitrogen and oxygen atoms in total. The maximum atomic E-state index is 12.5. The molecule has 0 saturated heterocycles. The fourth-order valence-corrected chi connectivity index (χ4v) is 0.938. The summed E-state index contributed by atoms with van der Waals surface area (Å²) < 4.78 is 21.9. The highest BCUT2D eigenvalue weighted by Crippen LogP contribution is 2.18. The highest BCUT2D eigenvalue weighted by molar-refractivity contribution is 5.67. The van der Waals surface area contributed by atoms with E-state index in [0.717, 1.165) is 0 Å². The Labute approximate surface area is 75.6 Å². The van der Waals surface area contributed by atoms with Crippen LogP contribution in [0.25, 0.3) is 0 Å². The summed E-state index contributed by atoms with van der Waals surface area (Å²) in [4.78, 5) is 10.3. The largest absolute Gasteiger partial charge is 0.481 e. The summed E-state index contributed by atoms with van der Waals surface area (Å²) in [6.07, 6.45) is -0.411. The number of methoxy groups -OCH3 is 2. The van der Waals surface area contributed by atoms with Crippen molar-refractivity contribution < 1.29 is 23.8 Å². The van der Waals surface area contributed by atoms with Crippen LogP contribution in [-0.2, 0) is 14.3 Å². The average Bonchev–Trinajstić information content (AvgIpc) is 2.07. The Balaban J connectivity index is 4.43. The molecular formula is C7H14FNO4. The molecule has 0 spiro atoms. The maximum absolute atomic E-state index is 12.5. The van der Waals surface area contributed by atoms with E-state index < -0.39 is 30.9 Å². The zero-order chi connectivity index (χ0) is 10.5. The van der Waals surface area contributed by atoms with Crippen molar-refractivity contribution in [2.45, 2.75) is 18.2 Å². The van der Waals surface area contributed by atoms with Crippen molar-refractivity contribution in [1.29, 1.82) is 0 Å². The van der Waals surface area contributed by atoms with Gasteiger partial charge in [-0.15, -0.1) is 0 Å². The summed E-state index contributed by atoms with van der Waals surface area (Å²) >= 11 is 0. The van der Waals surface area contributed by atoms with Gasteiger partial charge < -0.3 is 20.3 Å². The van der Waals surface area contributed by atoms with Crippen LogP contribution in [0.4, 0.5) is 4.39 Å². The Bertz CT molecular complexity index is 164. The highest BCUT2D eigenvalue weighted by atomic mass is 19.1. The molecule has 0 aromatic carbocycles. The minimum absolute atomic E-state index is 0.411. The molecule has 0 saturated carbocycles. The molecule has 13 heavy (non-hydrogen) atoms. The topological polar surface area (TPSA) is 81.8 Å². The second-order valence-corrected chi connectivity index (χ2v) is 2.56. The molecule has 0 amide bonds. The number of carbonyl (C=O) groups is 1. The monoisotopic (exact) mass is 195 g/mol. The van der Waals surface area contributed by atoms with Crippen molar-refractivity contribution in [1.82, 2.24) is 0 Å². The van der Waals surface area contributed by atoms with Gasteiger partial charge in [-0.25, -0.2) is 4.39 Å². The summed E-state index contributed by atoms with van der Waals surface area (Å²) in [7, 11) is 2.43. The smallest absolute Gasteiger partial charge is 0.305 e. The number of ether oxygens (including phenoxy) is 2. The summed E-state index contributed by atoms with van der Waals surface area (Å²) in [5.41, 5.74) is 5.41. The van der Waals surface area contributed by atoms with Gasteiger partial charge in [0, 0.05) is 14.2 Å². The van der Waals surface area contributed by atoms with Crippen LogP contribution in [0.3, 0.4) is 0 Å². The lowest BCUT2D eigenvalue weighted by atomic mass is 10.1. The third-order valence-electron chi connectivity index (χ3n) is 1.84. The minimum Gasteiger partial charge on any atom is -0.481 e.